The summed E-state index contributed by atoms with van der Waals surface area (Å²) in [7, 11) is 1.55. The molecule has 106 valence electrons. The van der Waals surface area contributed by atoms with Gasteiger partial charge in [-0.3, -0.25) is 4.79 Å². The average Bonchev–Trinajstić information content (AvgIpc) is 2.42. The van der Waals surface area contributed by atoms with Crippen LogP contribution in [-0.4, -0.2) is 22.9 Å². The van der Waals surface area contributed by atoms with Crippen molar-refractivity contribution in [1.29, 1.82) is 0 Å². The molecule has 1 aromatic carbocycles. The molecule has 2 aromatic rings. The number of ether oxygens (including phenoxy) is 1. The lowest BCUT2D eigenvalue weighted by atomic mass is 10.0. The molecular weight excluding hydrogens is 276 g/mol. The van der Waals surface area contributed by atoms with Crippen molar-refractivity contribution in [2.24, 2.45) is 0 Å². The van der Waals surface area contributed by atoms with Gasteiger partial charge in [-0.15, -0.1) is 0 Å². The zero-order valence-electron chi connectivity index (χ0n) is 11.5. The van der Waals surface area contributed by atoms with Crippen molar-refractivity contribution >= 4 is 16.9 Å². The molecule has 1 heterocycles. The maximum absolute atomic E-state index is 11.5. The minimum Gasteiger partial charge on any atom is -0.612 e. The number of pyridine rings is 1. The zero-order chi connectivity index (χ0) is 14.9. The van der Waals surface area contributed by atoms with Crippen LogP contribution in [0.5, 0.6) is 5.75 Å². The van der Waals surface area contributed by atoms with Crippen molar-refractivity contribution in [2.75, 3.05) is 19.1 Å². The number of nitrogens with one attached hydrogen (secondary N) is 1. The van der Waals surface area contributed by atoms with Crippen molar-refractivity contribution in [3.8, 4) is 16.9 Å². The van der Waals surface area contributed by atoms with Crippen molar-refractivity contribution in [3.63, 3.8) is 0 Å². The number of hydrogen-bond acceptors (Lipinski definition) is 4. The second-order valence-electron chi connectivity index (χ2n) is 4.41. The number of methoxy groups -OCH3 is 1. The van der Waals surface area contributed by atoms with Gasteiger partial charge in [0.2, 0.25) is 0 Å². The van der Waals surface area contributed by atoms with Crippen LogP contribution in [0.3, 0.4) is 0 Å². The van der Waals surface area contributed by atoms with E-state index in [9.17, 15) is 9.35 Å². The summed E-state index contributed by atoms with van der Waals surface area (Å²) in [6.07, 6.45) is 1.61. The molecule has 0 radical (unpaired) electrons. The quantitative estimate of drug-likeness (QED) is 0.842. The van der Waals surface area contributed by atoms with Crippen LogP contribution in [0, 0.1) is 6.92 Å². The fourth-order valence-corrected chi connectivity index (χ4v) is 2.52. The first-order valence-corrected chi connectivity index (χ1v) is 7.51. The van der Waals surface area contributed by atoms with Gasteiger partial charge in [0.25, 0.3) is 5.56 Å². The monoisotopic (exact) mass is 292 g/mol. The molecule has 1 aromatic heterocycles. The maximum Gasteiger partial charge on any atom is 0.271 e. The van der Waals surface area contributed by atoms with Crippen molar-refractivity contribution in [1.82, 2.24) is 4.98 Å². The number of nitrogen functional groups attached to an aromatic ring is 1. The summed E-state index contributed by atoms with van der Waals surface area (Å²) >= 11 is -1.08. The normalized spacial score (nSPS) is 12.2. The molecule has 0 aliphatic rings. The van der Waals surface area contributed by atoms with E-state index in [-0.39, 0.29) is 11.2 Å². The Morgan fingerprint density at radius 1 is 1.30 bits per heavy atom. The lowest BCUT2D eigenvalue weighted by Crippen LogP contribution is -2.13. The largest absolute Gasteiger partial charge is 0.612 e. The van der Waals surface area contributed by atoms with Gasteiger partial charge in [-0.25, -0.2) is 0 Å². The molecule has 1 atom stereocenters. The summed E-state index contributed by atoms with van der Waals surface area (Å²) < 4.78 is 16.9. The molecule has 0 bridgehead atoms. The van der Waals surface area contributed by atoms with E-state index < -0.39 is 11.2 Å². The summed E-state index contributed by atoms with van der Waals surface area (Å²) in [6, 6.07) is 6.94. The number of aromatic nitrogens is 1. The molecule has 3 N–H and O–H groups in total. The first kappa shape index (κ1) is 14.5. The summed E-state index contributed by atoms with van der Waals surface area (Å²) in [5.74, 6) is 0.590. The first-order chi connectivity index (χ1) is 9.43. The van der Waals surface area contributed by atoms with E-state index in [1.165, 1.54) is 0 Å². The number of aromatic amines is 1. The second kappa shape index (κ2) is 5.60. The van der Waals surface area contributed by atoms with Crippen LogP contribution in [-0.2, 0) is 11.2 Å². The number of hydrogen-bond donors (Lipinski definition) is 2. The van der Waals surface area contributed by atoms with Crippen LogP contribution in [0.1, 0.15) is 5.69 Å². The second-order valence-corrected chi connectivity index (χ2v) is 5.79. The highest BCUT2D eigenvalue weighted by molar-refractivity contribution is 7.90. The molecule has 0 amide bonds. The lowest BCUT2D eigenvalue weighted by molar-refractivity contribution is 0.415. The predicted molar refractivity (Wildman–Crippen MR) is 80.5 cm³/mol. The maximum atomic E-state index is 11.5. The molecule has 6 heteroatoms. The first-order valence-electron chi connectivity index (χ1n) is 5.95. The van der Waals surface area contributed by atoms with Crippen LogP contribution in [0.15, 0.2) is 34.0 Å². The standard InChI is InChI=1S/C14H16N2O3S/c1-8-11(7-12(15)14(17)16-8)10-5-4-9(20(3)18)6-13(10)19-2/h4-7H,15H2,1-3H3,(H,16,17). The van der Waals surface area contributed by atoms with Crippen LogP contribution in [0.4, 0.5) is 5.69 Å². The number of anilines is 1. The van der Waals surface area contributed by atoms with Gasteiger partial charge in [0.1, 0.15) is 12.0 Å². The van der Waals surface area contributed by atoms with Crippen LogP contribution in [0.25, 0.3) is 11.1 Å². The van der Waals surface area contributed by atoms with E-state index in [4.69, 9.17) is 10.5 Å². The Balaban J connectivity index is 2.63. The third-order valence-electron chi connectivity index (χ3n) is 3.06. The summed E-state index contributed by atoms with van der Waals surface area (Å²) in [5.41, 5.74) is 7.78. The molecule has 0 saturated heterocycles. The Hall–Kier alpha value is -1.92. The highest BCUT2D eigenvalue weighted by atomic mass is 32.2. The summed E-state index contributed by atoms with van der Waals surface area (Å²) in [5, 5.41) is 0. The van der Waals surface area contributed by atoms with Crippen LogP contribution in [0.2, 0.25) is 0 Å². The third-order valence-corrected chi connectivity index (χ3v) is 3.98. The van der Waals surface area contributed by atoms with Crippen LogP contribution >= 0.6 is 0 Å². The van der Waals surface area contributed by atoms with Gasteiger partial charge in [0, 0.05) is 22.9 Å². The van der Waals surface area contributed by atoms with Crippen molar-refractivity contribution < 1.29 is 9.29 Å². The van der Waals surface area contributed by atoms with Crippen molar-refractivity contribution in [3.05, 3.63) is 40.3 Å². The van der Waals surface area contributed by atoms with Gasteiger partial charge in [-0.2, -0.15) is 0 Å². The van der Waals surface area contributed by atoms with Gasteiger partial charge in [-0.05, 0) is 36.3 Å². The Morgan fingerprint density at radius 3 is 2.60 bits per heavy atom. The minimum absolute atomic E-state index is 0.149. The van der Waals surface area contributed by atoms with Gasteiger partial charge >= 0.3 is 0 Å². The van der Waals surface area contributed by atoms with E-state index in [2.05, 4.69) is 4.98 Å². The van der Waals surface area contributed by atoms with E-state index in [1.54, 1.807) is 38.5 Å². The molecule has 0 aliphatic heterocycles. The molecule has 0 spiro atoms. The highest BCUT2D eigenvalue weighted by Gasteiger charge is 2.14. The molecule has 2 rings (SSSR count). The molecule has 0 saturated carbocycles. The third kappa shape index (κ3) is 2.66. The Bertz CT molecular complexity index is 695. The van der Waals surface area contributed by atoms with E-state index in [0.29, 0.717) is 16.3 Å². The Morgan fingerprint density at radius 2 is 2.00 bits per heavy atom. The summed E-state index contributed by atoms with van der Waals surface area (Å²) in [6.45, 7) is 1.79. The van der Waals surface area contributed by atoms with E-state index in [0.717, 1.165) is 11.1 Å². The van der Waals surface area contributed by atoms with Gasteiger partial charge in [-0.1, -0.05) is 0 Å². The number of rotatable bonds is 3. The Kier molecular flexibility index (Phi) is 4.06. The van der Waals surface area contributed by atoms with Gasteiger partial charge in [0.05, 0.1) is 12.8 Å². The van der Waals surface area contributed by atoms with E-state index >= 15 is 0 Å². The molecular formula is C14H16N2O3S. The molecule has 5 nitrogen and oxygen atoms in total. The SMILES string of the molecule is COc1cc([S+](C)[O-])ccc1-c1cc(N)c(=O)[nH]c1C. The molecule has 0 fully saturated rings. The smallest absolute Gasteiger partial charge is 0.271 e. The fraction of sp³-hybridized carbons (Fsp3) is 0.214. The molecule has 1 unspecified atom stereocenters. The van der Waals surface area contributed by atoms with Gasteiger partial charge in [0.15, 0.2) is 4.90 Å². The zero-order valence-corrected chi connectivity index (χ0v) is 12.3. The lowest BCUT2D eigenvalue weighted by Gasteiger charge is -2.13. The number of aryl methyl sites for hydroxylation is 1. The van der Waals surface area contributed by atoms with E-state index in [1.807, 2.05) is 6.07 Å². The minimum atomic E-state index is -1.08. The van der Waals surface area contributed by atoms with Crippen molar-refractivity contribution in [2.45, 2.75) is 11.8 Å². The number of benzene rings is 1. The topological polar surface area (TPSA) is 91.2 Å². The fourth-order valence-electron chi connectivity index (χ4n) is 1.99. The van der Waals surface area contributed by atoms with Crippen LogP contribution < -0.4 is 16.0 Å². The highest BCUT2D eigenvalue weighted by Crippen LogP contribution is 2.33. The average molecular weight is 292 g/mol. The summed E-state index contributed by atoms with van der Waals surface area (Å²) in [4.78, 5) is 14.8. The molecule has 0 aliphatic carbocycles. The predicted octanol–water partition coefficient (Wildman–Crippen LogP) is 1.68. The Labute approximate surface area is 120 Å². The number of nitrogens with two attached hydrogens (primary N) is 1. The van der Waals surface area contributed by atoms with Gasteiger partial charge < -0.3 is 20.0 Å². The number of H-pyrrole nitrogens is 1. The molecule has 20 heavy (non-hydrogen) atoms.